The lowest BCUT2D eigenvalue weighted by molar-refractivity contribution is -0.127. The number of rotatable bonds is 5. The van der Waals surface area contributed by atoms with Crippen LogP contribution in [-0.4, -0.2) is 5.78 Å². The van der Waals surface area contributed by atoms with Crippen molar-refractivity contribution in [3.63, 3.8) is 0 Å². The number of ketones is 1. The Morgan fingerprint density at radius 2 is 1.19 bits per heavy atom. The molecule has 292 valence electrons. The van der Waals surface area contributed by atoms with Crippen LogP contribution in [0.1, 0.15) is 170 Å². The molecule has 0 aliphatic heterocycles. The van der Waals surface area contributed by atoms with Gasteiger partial charge in [-0.15, -0.1) is 0 Å². The van der Waals surface area contributed by atoms with Crippen LogP contribution in [0.4, 0.5) is 0 Å². The fourth-order valence-corrected chi connectivity index (χ4v) is 16.6. The smallest absolute Gasteiger partial charge is 0.133 e. The van der Waals surface area contributed by atoms with Gasteiger partial charge in [0.05, 0.1) is 0 Å². The summed E-state index contributed by atoms with van der Waals surface area (Å²) >= 11 is 0. The number of hydrogen-bond donors (Lipinski definition) is 0. The molecule has 0 amide bonds. The minimum Gasteiger partial charge on any atom is -0.300 e. The first-order valence-corrected chi connectivity index (χ1v) is 23.2. The monoisotopic (exact) mass is 719 g/mol. The number of carbonyl (C=O) groups is 1. The molecule has 0 spiro atoms. The fraction of sp³-hybridized carbons (Fsp3) is 0.788. The van der Waals surface area contributed by atoms with Gasteiger partial charge in [0.1, 0.15) is 5.78 Å². The van der Waals surface area contributed by atoms with Crippen molar-refractivity contribution in [2.45, 2.75) is 171 Å². The molecule has 9 rings (SSSR count). The topological polar surface area (TPSA) is 17.1 Å². The van der Waals surface area contributed by atoms with Crippen LogP contribution in [0, 0.1) is 86.8 Å². The molecule has 1 aromatic rings. The Bertz CT molecular complexity index is 1550. The summed E-state index contributed by atoms with van der Waals surface area (Å²) in [6, 6.07) is 11.2. The number of benzene rings is 1. The van der Waals surface area contributed by atoms with Crippen LogP contribution in [0.3, 0.4) is 0 Å². The summed E-state index contributed by atoms with van der Waals surface area (Å²) in [6.07, 6.45) is 30.3. The number of hydrogen-bond acceptors (Lipinski definition) is 1. The third-order valence-electron chi connectivity index (χ3n) is 19.7. The molecular formula is C52H78O. The van der Waals surface area contributed by atoms with Crippen LogP contribution in [0.2, 0.25) is 0 Å². The maximum Gasteiger partial charge on any atom is 0.133 e. The average molecular weight is 719 g/mol. The third-order valence-corrected chi connectivity index (χ3v) is 19.7. The third kappa shape index (κ3) is 6.43. The van der Waals surface area contributed by atoms with Gasteiger partial charge in [0.25, 0.3) is 0 Å². The highest BCUT2D eigenvalue weighted by Crippen LogP contribution is 2.69. The Labute approximate surface area is 326 Å². The standard InChI is InChI=1S/C30H44.C22H34O/c1-21-16-18-29(3)24(20-21)12-13-25-27-15-14-26(30(27,4)19-17-28(25)29)22(2)10-11-23-8-6-5-7-9-23;1-14-9-11-21(3)16(13-14)5-6-17-19-8-7-18(15(2)23)22(19,4)12-10-20(17)21/h5-9,12,21-22,25-28H,10-11,13-20H2,1-4H3;5,14,17-20H,6-13H2,1-4H3/t21-,22?,25-,26+,27-,28-,29-,30+;14-,17-,18+,19-,20-,21-,22+/m00/s1. The summed E-state index contributed by atoms with van der Waals surface area (Å²) in [4.78, 5) is 12.2. The van der Waals surface area contributed by atoms with Crippen LogP contribution in [0.25, 0.3) is 0 Å². The van der Waals surface area contributed by atoms with Gasteiger partial charge in [-0.3, -0.25) is 4.79 Å². The van der Waals surface area contributed by atoms with Gasteiger partial charge in [-0.05, 0) is 209 Å². The highest BCUT2D eigenvalue weighted by Gasteiger charge is 2.60. The summed E-state index contributed by atoms with van der Waals surface area (Å²) < 4.78 is 0. The van der Waals surface area contributed by atoms with E-state index < -0.39 is 0 Å². The van der Waals surface area contributed by atoms with E-state index in [0.717, 1.165) is 65.6 Å². The molecule has 1 nitrogen and oxygen atoms in total. The minimum atomic E-state index is 0.302. The molecule has 6 saturated carbocycles. The van der Waals surface area contributed by atoms with E-state index >= 15 is 0 Å². The van der Waals surface area contributed by atoms with Gasteiger partial charge < -0.3 is 0 Å². The predicted molar refractivity (Wildman–Crippen MR) is 223 cm³/mol. The fourth-order valence-electron chi connectivity index (χ4n) is 16.6. The van der Waals surface area contributed by atoms with E-state index in [9.17, 15) is 4.79 Å². The molecule has 6 fully saturated rings. The molecule has 15 atom stereocenters. The number of Topliss-reactive ketones (excluding diaryl/α,β-unsaturated/α-hetero) is 1. The van der Waals surface area contributed by atoms with E-state index in [4.69, 9.17) is 0 Å². The first kappa shape index (κ1) is 38.3. The molecule has 53 heavy (non-hydrogen) atoms. The lowest BCUT2D eigenvalue weighted by Gasteiger charge is -2.58. The minimum absolute atomic E-state index is 0.302. The zero-order valence-electron chi connectivity index (χ0n) is 35.5. The van der Waals surface area contributed by atoms with Crippen molar-refractivity contribution in [3.05, 3.63) is 59.2 Å². The SMILES string of the molecule is CC(=O)[C@H]1CC[C@H]2[C@@H]3CC=C4C[C@@H](C)CC[C@]4(C)[C@H]3CC[C@]12C.CC(CCc1ccccc1)[C@H]1CC[C@H]2[C@@H]3CC=C4C[C@@H](C)CC[C@]4(C)[C@H]3CC[C@]12C. The molecule has 8 aliphatic rings. The highest BCUT2D eigenvalue weighted by atomic mass is 16.1. The van der Waals surface area contributed by atoms with Crippen molar-refractivity contribution < 1.29 is 4.79 Å². The highest BCUT2D eigenvalue weighted by molar-refractivity contribution is 5.79. The number of fused-ring (bicyclic) bond motifs is 10. The quantitative estimate of drug-likeness (QED) is 0.277. The second kappa shape index (κ2) is 14.4. The van der Waals surface area contributed by atoms with Crippen molar-refractivity contribution in [2.24, 2.45) is 86.8 Å². The van der Waals surface area contributed by atoms with E-state index in [-0.39, 0.29) is 0 Å². The molecule has 0 saturated heterocycles. The zero-order chi connectivity index (χ0) is 37.3. The summed E-state index contributed by atoms with van der Waals surface area (Å²) in [6.45, 7) is 19.7. The van der Waals surface area contributed by atoms with Crippen molar-refractivity contribution in [2.75, 3.05) is 0 Å². The number of carbonyl (C=O) groups excluding carboxylic acids is 1. The maximum atomic E-state index is 12.2. The molecule has 1 aromatic carbocycles. The number of aryl methyl sites for hydroxylation is 1. The van der Waals surface area contributed by atoms with Gasteiger partial charge in [-0.2, -0.15) is 0 Å². The summed E-state index contributed by atoms with van der Waals surface area (Å²) in [5.74, 6) is 9.85. The molecule has 0 radical (unpaired) electrons. The van der Waals surface area contributed by atoms with E-state index in [1.807, 2.05) is 12.5 Å². The Hall–Kier alpha value is -1.63. The van der Waals surface area contributed by atoms with Crippen LogP contribution >= 0.6 is 0 Å². The lowest BCUT2D eigenvalue weighted by Crippen LogP contribution is -2.50. The molecule has 0 N–H and O–H groups in total. The largest absolute Gasteiger partial charge is 0.300 e. The normalized spacial score (nSPS) is 47.5. The second-order valence-corrected chi connectivity index (χ2v) is 22.2. The van der Waals surface area contributed by atoms with E-state index in [2.05, 4.69) is 91.0 Å². The van der Waals surface area contributed by atoms with Crippen molar-refractivity contribution >= 4 is 5.78 Å². The Morgan fingerprint density at radius 3 is 1.75 bits per heavy atom. The molecular weight excluding hydrogens is 641 g/mol. The van der Waals surface area contributed by atoms with Gasteiger partial charge in [-0.25, -0.2) is 0 Å². The van der Waals surface area contributed by atoms with Gasteiger partial charge >= 0.3 is 0 Å². The molecule has 0 heterocycles. The van der Waals surface area contributed by atoms with E-state index in [1.54, 1.807) is 5.57 Å². The zero-order valence-corrected chi connectivity index (χ0v) is 35.5. The van der Waals surface area contributed by atoms with Gasteiger partial charge in [0.2, 0.25) is 0 Å². The Balaban J connectivity index is 0.000000156. The maximum absolute atomic E-state index is 12.2. The van der Waals surface area contributed by atoms with E-state index in [0.29, 0.717) is 33.4 Å². The Kier molecular flexibility index (Phi) is 10.4. The summed E-state index contributed by atoms with van der Waals surface area (Å²) in [7, 11) is 0. The predicted octanol–water partition coefficient (Wildman–Crippen LogP) is 14.3. The van der Waals surface area contributed by atoms with Crippen molar-refractivity contribution in [1.29, 1.82) is 0 Å². The lowest BCUT2D eigenvalue weighted by atomic mass is 9.46. The Morgan fingerprint density at radius 1 is 0.660 bits per heavy atom. The van der Waals surface area contributed by atoms with Crippen LogP contribution < -0.4 is 0 Å². The van der Waals surface area contributed by atoms with Crippen molar-refractivity contribution in [1.82, 2.24) is 0 Å². The first-order valence-electron chi connectivity index (χ1n) is 23.2. The van der Waals surface area contributed by atoms with Crippen LogP contribution in [-0.2, 0) is 11.2 Å². The molecule has 8 aliphatic carbocycles. The molecule has 1 heteroatoms. The van der Waals surface area contributed by atoms with Crippen molar-refractivity contribution in [3.8, 4) is 0 Å². The summed E-state index contributed by atoms with van der Waals surface area (Å²) in [5.41, 5.74) is 7.09. The van der Waals surface area contributed by atoms with Crippen LogP contribution in [0.5, 0.6) is 0 Å². The molecule has 1 unspecified atom stereocenters. The number of allylic oxidation sites excluding steroid dienone is 4. The second-order valence-electron chi connectivity index (χ2n) is 22.2. The average Bonchev–Trinajstić information content (AvgIpc) is 3.69. The van der Waals surface area contributed by atoms with Gasteiger partial charge in [0, 0.05) is 5.92 Å². The van der Waals surface area contributed by atoms with Crippen LogP contribution in [0.15, 0.2) is 53.6 Å². The van der Waals surface area contributed by atoms with Gasteiger partial charge in [-0.1, -0.05) is 102 Å². The van der Waals surface area contributed by atoms with Gasteiger partial charge in [0.15, 0.2) is 0 Å². The van der Waals surface area contributed by atoms with E-state index in [1.165, 1.54) is 115 Å². The first-order chi connectivity index (χ1) is 25.3. The summed E-state index contributed by atoms with van der Waals surface area (Å²) in [5, 5.41) is 0. The molecule has 0 aromatic heterocycles. The molecule has 0 bridgehead atoms.